The molecule has 9 heteroatoms. The maximum absolute atomic E-state index is 13.3. The Bertz CT molecular complexity index is 983. The molecule has 0 saturated carbocycles. The van der Waals surface area contributed by atoms with Crippen LogP contribution in [0.1, 0.15) is 12.0 Å². The number of halogens is 1. The second-order valence-corrected chi connectivity index (χ2v) is 8.48. The quantitative estimate of drug-likeness (QED) is 0.598. The normalized spacial score (nSPS) is 19.2. The maximum Gasteiger partial charge on any atom is 0.252 e. The number of thiocarbonyl (C=S) groups is 1. The fourth-order valence-corrected chi connectivity index (χ4v) is 4.42. The van der Waals surface area contributed by atoms with Crippen molar-refractivity contribution >= 4 is 34.8 Å². The van der Waals surface area contributed by atoms with Gasteiger partial charge in [-0.05, 0) is 42.0 Å². The number of nitrogens with one attached hydrogen (secondary N) is 1. The number of anilines is 1. The number of carbonyl (C=O) groups is 2. The van der Waals surface area contributed by atoms with Crippen LogP contribution in [0.15, 0.2) is 54.6 Å². The molecule has 2 saturated heterocycles. The largest absolute Gasteiger partial charge is 0.379 e. The highest BCUT2D eigenvalue weighted by Crippen LogP contribution is 2.24. The van der Waals surface area contributed by atoms with Gasteiger partial charge in [0.15, 0.2) is 5.11 Å². The molecule has 2 fully saturated rings. The Morgan fingerprint density at radius 1 is 1.06 bits per heavy atom. The molecule has 2 aliphatic rings. The molecule has 0 aliphatic carbocycles. The fourth-order valence-electron chi connectivity index (χ4n) is 4.05. The molecule has 0 radical (unpaired) electrons. The molecule has 0 bridgehead atoms. The standard InChI is InChI=1S/C24H27FN4O3S/c25-19-6-8-20(9-7-19)26-22(30)16-21-23(31)29(17-18-4-2-1-3-5-18)24(33)28(21)11-10-27-12-14-32-15-13-27/h1-9,21H,10-17H2,(H,26,30)/t21-/m0/s1. The van der Waals surface area contributed by atoms with Gasteiger partial charge in [0.25, 0.3) is 5.91 Å². The number of amides is 2. The van der Waals surface area contributed by atoms with Crippen molar-refractivity contribution in [1.29, 1.82) is 0 Å². The van der Waals surface area contributed by atoms with E-state index in [9.17, 15) is 14.0 Å². The van der Waals surface area contributed by atoms with Gasteiger partial charge >= 0.3 is 0 Å². The summed E-state index contributed by atoms with van der Waals surface area (Å²) in [5, 5.41) is 3.19. The van der Waals surface area contributed by atoms with Crippen LogP contribution in [0, 0.1) is 5.82 Å². The van der Waals surface area contributed by atoms with Crippen LogP contribution in [0.3, 0.4) is 0 Å². The van der Waals surface area contributed by atoms with Crippen LogP contribution in [0.5, 0.6) is 0 Å². The third kappa shape index (κ3) is 5.93. The summed E-state index contributed by atoms with van der Waals surface area (Å²) >= 11 is 5.69. The lowest BCUT2D eigenvalue weighted by atomic mass is 10.1. The number of carbonyl (C=O) groups excluding carboxylic acids is 2. The van der Waals surface area contributed by atoms with Gasteiger partial charge in [-0.3, -0.25) is 19.4 Å². The minimum atomic E-state index is -0.678. The highest BCUT2D eigenvalue weighted by atomic mass is 32.1. The van der Waals surface area contributed by atoms with Gasteiger partial charge in [0.05, 0.1) is 26.2 Å². The van der Waals surface area contributed by atoms with E-state index in [2.05, 4.69) is 10.2 Å². The summed E-state index contributed by atoms with van der Waals surface area (Å²) in [6.45, 7) is 4.68. The van der Waals surface area contributed by atoms with E-state index >= 15 is 0 Å². The van der Waals surface area contributed by atoms with Crippen LogP contribution >= 0.6 is 12.2 Å². The highest BCUT2D eigenvalue weighted by molar-refractivity contribution is 7.80. The van der Waals surface area contributed by atoms with Gasteiger partial charge in [0.1, 0.15) is 11.9 Å². The first-order valence-corrected chi connectivity index (χ1v) is 11.4. The van der Waals surface area contributed by atoms with Crippen molar-refractivity contribution in [2.75, 3.05) is 44.7 Å². The Hall–Kier alpha value is -2.88. The first-order valence-electron chi connectivity index (χ1n) is 11.0. The fraction of sp³-hybridized carbons (Fsp3) is 0.375. The zero-order chi connectivity index (χ0) is 23.2. The van der Waals surface area contributed by atoms with Crippen molar-refractivity contribution in [3.63, 3.8) is 0 Å². The number of ether oxygens (including phenoxy) is 1. The number of rotatable bonds is 8. The summed E-state index contributed by atoms with van der Waals surface area (Å²) in [7, 11) is 0. The molecule has 2 aliphatic heterocycles. The zero-order valence-electron chi connectivity index (χ0n) is 18.3. The van der Waals surface area contributed by atoms with Gasteiger partial charge in [0.2, 0.25) is 5.91 Å². The molecule has 2 aromatic rings. The van der Waals surface area contributed by atoms with E-state index in [0.29, 0.717) is 37.1 Å². The topological polar surface area (TPSA) is 65.1 Å². The molecule has 2 aromatic carbocycles. The molecular weight excluding hydrogens is 443 g/mol. The molecule has 2 amide bonds. The lowest BCUT2D eigenvalue weighted by Gasteiger charge is -2.30. The van der Waals surface area contributed by atoms with Crippen molar-refractivity contribution < 1.29 is 18.7 Å². The summed E-state index contributed by atoms with van der Waals surface area (Å²) in [5.74, 6) is -0.879. The second-order valence-electron chi connectivity index (χ2n) is 8.11. The van der Waals surface area contributed by atoms with Crippen molar-refractivity contribution in [2.45, 2.75) is 19.0 Å². The minimum Gasteiger partial charge on any atom is -0.379 e. The molecule has 0 aromatic heterocycles. The van der Waals surface area contributed by atoms with Crippen LogP contribution in [0.2, 0.25) is 0 Å². The Kier molecular flexibility index (Phi) is 7.64. The second kappa shape index (κ2) is 10.8. The Labute approximate surface area is 198 Å². The molecule has 1 atom stereocenters. The lowest BCUT2D eigenvalue weighted by Crippen LogP contribution is -2.45. The summed E-state index contributed by atoms with van der Waals surface area (Å²) < 4.78 is 18.6. The Morgan fingerprint density at radius 3 is 2.45 bits per heavy atom. The van der Waals surface area contributed by atoms with Gasteiger partial charge in [-0.15, -0.1) is 0 Å². The monoisotopic (exact) mass is 470 g/mol. The molecule has 0 unspecified atom stereocenters. The van der Waals surface area contributed by atoms with Crippen molar-refractivity contribution in [1.82, 2.24) is 14.7 Å². The van der Waals surface area contributed by atoms with E-state index < -0.39 is 6.04 Å². The molecule has 4 rings (SSSR count). The molecular formula is C24H27FN4O3S. The summed E-state index contributed by atoms with van der Waals surface area (Å²) in [5.41, 5.74) is 1.45. The van der Waals surface area contributed by atoms with E-state index in [-0.39, 0.29) is 24.1 Å². The number of hydrogen-bond donors (Lipinski definition) is 1. The average Bonchev–Trinajstić information content (AvgIpc) is 3.04. The molecule has 0 spiro atoms. The molecule has 33 heavy (non-hydrogen) atoms. The average molecular weight is 471 g/mol. The number of nitrogens with zero attached hydrogens (tertiary/aromatic N) is 3. The lowest BCUT2D eigenvalue weighted by molar-refractivity contribution is -0.131. The van der Waals surface area contributed by atoms with E-state index in [1.54, 1.807) is 4.90 Å². The van der Waals surface area contributed by atoms with E-state index in [4.69, 9.17) is 17.0 Å². The van der Waals surface area contributed by atoms with Crippen molar-refractivity contribution in [2.24, 2.45) is 0 Å². The number of hydrogen-bond acceptors (Lipinski definition) is 5. The van der Waals surface area contributed by atoms with Gasteiger partial charge in [0, 0.05) is 31.9 Å². The van der Waals surface area contributed by atoms with Gasteiger partial charge in [-0.1, -0.05) is 30.3 Å². The first kappa shape index (κ1) is 23.3. The summed E-state index contributed by atoms with van der Waals surface area (Å²) in [4.78, 5) is 31.8. The summed E-state index contributed by atoms with van der Waals surface area (Å²) in [6.07, 6.45) is -0.0370. The van der Waals surface area contributed by atoms with Crippen LogP contribution < -0.4 is 5.32 Å². The minimum absolute atomic E-state index is 0.0370. The predicted octanol–water partition coefficient (Wildman–Crippen LogP) is 2.48. The third-order valence-corrected chi connectivity index (χ3v) is 6.31. The van der Waals surface area contributed by atoms with Gasteiger partial charge < -0.3 is 15.0 Å². The van der Waals surface area contributed by atoms with Crippen LogP contribution in [0.4, 0.5) is 10.1 Å². The van der Waals surface area contributed by atoms with E-state index in [1.165, 1.54) is 24.3 Å². The van der Waals surface area contributed by atoms with Crippen LogP contribution in [-0.4, -0.2) is 77.1 Å². The van der Waals surface area contributed by atoms with Gasteiger partial charge in [-0.2, -0.15) is 0 Å². The summed E-state index contributed by atoms with van der Waals surface area (Å²) in [6, 6.07) is 14.5. The zero-order valence-corrected chi connectivity index (χ0v) is 19.1. The number of benzene rings is 2. The molecule has 1 N–H and O–H groups in total. The number of morpholine rings is 1. The Morgan fingerprint density at radius 2 is 1.76 bits per heavy atom. The highest BCUT2D eigenvalue weighted by Gasteiger charge is 2.43. The van der Waals surface area contributed by atoms with Crippen LogP contribution in [0.25, 0.3) is 0 Å². The predicted molar refractivity (Wildman–Crippen MR) is 127 cm³/mol. The van der Waals surface area contributed by atoms with E-state index in [0.717, 1.165) is 25.2 Å². The Balaban J connectivity index is 1.47. The third-order valence-electron chi connectivity index (χ3n) is 5.85. The first-order chi connectivity index (χ1) is 16.0. The van der Waals surface area contributed by atoms with Gasteiger partial charge in [-0.25, -0.2) is 4.39 Å². The molecule has 7 nitrogen and oxygen atoms in total. The van der Waals surface area contributed by atoms with Crippen molar-refractivity contribution in [3.05, 3.63) is 66.0 Å². The smallest absolute Gasteiger partial charge is 0.252 e. The van der Waals surface area contributed by atoms with Crippen molar-refractivity contribution in [3.8, 4) is 0 Å². The van der Waals surface area contributed by atoms with Crippen LogP contribution in [-0.2, 0) is 20.9 Å². The SMILES string of the molecule is O=C(C[C@H]1C(=O)N(Cc2ccccc2)C(=S)N1CCN1CCOCC1)Nc1ccc(F)cc1. The maximum atomic E-state index is 13.3. The molecule has 174 valence electrons. The molecule has 2 heterocycles. The van der Waals surface area contributed by atoms with E-state index in [1.807, 2.05) is 35.2 Å².